The highest BCUT2D eigenvalue weighted by Crippen LogP contribution is 2.25. The largest absolute Gasteiger partial charge is 0.434 e. The van der Waals surface area contributed by atoms with Gasteiger partial charge in [0.1, 0.15) is 29.1 Å². The zero-order valence-electron chi connectivity index (χ0n) is 15.8. The fraction of sp³-hybridized carbons (Fsp3) is 0. The number of aromatic nitrogens is 4. The second-order valence-corrected chi connectivity index (χ2v) is 6.69. The van der Waals surface area contributed by atoms with Crippen LogP contribution in [0.15, 0.2) is 62.2 Å². The molecule has 0 N–H and O–H groups in total. The Labute approximate surface area is 183 Å². The van der Waals surface area contributed by atoms with E-state index in [1.165, 1.54) is 0 Å². The Balaban J connectivity index is 1.71. The van der Waals surface area contributed by atoms with Crippen LogP contribution in [0.1, 0.15) is 5.56 Å². The predicted molar refractivity (Wildman–Crippen MR) is 109 cm³/mol. The van der Waals surface area contributed by atoms with E-state index in [1.807, 2.05) is 12.1 Å². The van der Waals surface area contributed by atoms with Gasteiger partial charge < -0.3 is 4.42 Å². The minimum atomic E-state index is -0.256. The lowest BCUT2D eigenvalue weighted by molar-refractivity contribution is 0.612. The third kappa shape index (κ3) is 3.03. The van der Waals surface area contributed by atoms with Crippen LogP contribution in [-0.2, 0) is 0 Å². The van der Waals surface area contributed by atoms with Crippen molar-refractivity contribution in [2.24, 2.45) is 9.98 Å². The Morgan fingerprint density at radius 2 is 1.66 bits per heavy atom. The Hall–Kier alpha value is -4.98. The van der Waals surface area contributed by atoms with E-state index in [9.17, 15) is 5.26 Å². The first-order valence-corrected chi connectivity index (χ1v) is 9.32. The van der Waals surface area contributed by atoms with Gasteiger partial charge in [0.05, 0.1) is 10.9 Å². The summed E-state index contributed by atoms with van der Waals surface area (Å²) in [5, 5.41) is 28.4. The molecule has 1 aliphatic rings. The number of benzene rings is 2. The van der Waals surface area contributed by atoms with Gasteiger partial charge in [0.25, 0.3) is 5.89 Å². The standard InChI is InChI=1S/C21H6ClN9O/c22-21-30-18(29-19(31-21)20-27-13-3-1-2-4-15(13)32-20)11-5-6-14-16(12(11)9-25)28-17(26-14)10(7-23)8-24/h1-6H. The van der Waals surface area contributed by atoms with Crippen LogP contribution < -0.4 is 10.7 Å². The number of rotatable bonds is 2. The Morgan fingerprint density at radius 3 is 2.41 bits per heavy atom. The van der Waals surface area contributed by atoms with E-state index in [0.29, 0.717) is 22.0 Å². The Bertz CT molecular complexity index is 1680. The number of fused-ring (bicyclic) bond motifs is 2. The number of para-hydroxylation sites is 2. The van der Waals surface area contributed by atoms with Gasteiger partial charge in [-0.1, -0.05) is 12.1 Å². The van der Waals surface area contributed by atoms with Gasteiger partial charge in [0.2, 0.25) is 11.1 Å². The van der Waals surface area contributed by atoms with Gasteiger partial charge in [-0.25, -0.2) is 20.0 Å². The summed E-state index contributed by atoms with van der Waals surface area (Å²) in [6, 6.07) is 15.9. The first-order valence-electron chi connectivity index (χ1n) is 8.94. The molecule has 2 aromatic heterocycles. The lowest BCUT2D eigenvalue weighted by Gasteiger charge is -2.04. The molecule has 0 saturated heterocycles. The summed E-state index contributed by atoms with van der Waals surface area (Å²) in [5.41, 5.74) is 1.36. The highest BCUT2D eigenvalue weighted by atomic mass is 35.5. The van der Waals surface area contributed by atoms with Crippen LogP contribution in [0.3, 0.4) is 0 Å². The van der Waals surface area contributed by atoms with Crippen molar-refractivity contribution < 1.29 is 4.42 Å². The predicted octanol–water partition coefficient (Wildman–Crippen LogP) is 2.38. The second kappa shape index (κ2) is 7.37. The maximum atomic E-state index is 9.80. The van der Waals surface area contributed by atoms with Crippen LogP contribution in [0.5, 0.6) is 0 Å². The third-order valence-corrected chi connectivity index (χ3v) is 4.66. The monoisotopic (exact) mass is 435 g/mol. The average Bonchev–Trinajstić information content (AvgIpc) is 3.43. The van der Waals surface area contributed by atoms with Crippen LogP contribution in [-0.4, -0.2) is 19.9 Å². The van der Waals surface area contributed by atoms with Gasteiger partial charge in [0, 0.05) is 5.56 Å². The molecule has 0 saturated carbocycles. The summed E-state index contributed by atoms with van der Waals surface area (Å²) in [4.78, 5) is 25.3. The van der Waals surface area contributed by atoms with Gasteiger partial charge in [-0.3, -0.25) is 0 Å². The maximum absolute atomic E-state index is 9.80. The van der Waals surface area contributed by atoms with Crippen molar-refractivity contribution in [2.45, 2.75) is 0 Å². The number of nitriles is 3. The van der Waals surface area contributed by atoms with Gasteiger partial charge in [0.15, 0.2) is 22.8 Å². The molecule has 0 unspecified atom stereocenters. The molecule has 0 aliphatic carbocycles. The number of oxazole rings is 1. The normalized spacial score (nSPS) is 11.6. The molecule has 0 bridgehead atoms. The average molecular weight is 436 g/mol. The fourth-order valence-corrected chi connectivity index (χ4v) is 3.26. The Morgan fingerprint density at radius 1 is 0.875 bits per heavy atom. The van der Waals surface area contributed by atoms with Crippen molar-refractivity contribution in [1.29, 1.82) is 15.8 Å². The smallest absolute Gasteiger partial charge is 0.266 e. The summed E-state index contributed by atoms with van der Waals surface area (Å²) in [6.45, 7) is 0. The van der Waals surface area contributed by atoms with E-state index >= 15 is 0 Å². The van der Waals surface area contributed by atoms with Crippen LogP contribution in [0.25, 0.3) is 34.2 Å². The summed E-state index contributed by atoms with van der Waals surface area (Å²) in [5.74, 6) is 0.294. The highest BCUT2D eigenvalue weighted by molar-refractivity contribution is 6.28. The van der Waals surface area contributed by atoms with Crippen molar-refractivity contribution in [3.05, 3.63) is 69.4 Å². The molecule has 0 radical (unpaired) electrons. The molecule has 11 heteroatoms. The van der Waals surface area contributed by atoms with E-state index in [2.05, 4.69) is 36.0 Å². The molecule has 2 aromatic carbocycles. The molecule has 5 rings (SSSR count). The topological polar surface area (TPSA) is 161 Å². The summed E-state index contributed by atoms with van der Waals surface area (Å²) < 4.78 is 5.71. The van der Waals surface area contributed by atoms with E-state index in [1.54, 1.807) is 36.4 Å². The molecular weight excluding hydrogens is 430 g/mol. The van der Waals surface area contributed by atoms with Crippen LogP contribution in [0.4, 0.5) is 0 Å². The quantitative estimate of drug-likeness (QED) is 0.433. The zero-order valence-corrected chi connectivity index (χ0v) is 16.5. The first kappa shape index (κ1) is 19.0. The molecule has 32 heavy (non-hydrogen) atoms. The lowest BCUT2D eigenvalue weighted by Crippen LogP contribution is -2.25. The van der Waals surface area contributed by atoms with Crippen molar-refractivity contribution in [3.8, 4) is 41.3 Å². The maximum Gasteiger partial charge on any atom is 0.266 e. The number of halogens is 1. The molecule has 0 amide bonds. The SMILES string of the molecule is N#CC(C#N)=C1N=c2ccc(-c3nc(Cl)nc(-c4nc5ccccc5o4)n3)c(C#N)c2=N1. The summed E-state index contributed by atoms with van der Waals surface area (Å²) in [6.07, 6.45) is 0. The second-order valence-electron chi connectivity index (χ2n) is 6.35. The highest BCUT2D eigenvalue weighted by Gasteiger charge is 2.20. The zero-order chi connectivity index (χ0) is 22.2. The number of hydrogen-bond donors (Lipinski definition) is 0. The van der Waals surface area contributed by atoms with Gasteiger partial charge in [-0.2, -0.15) is 25.8 Å². The molecule has 0 fully saturated rings. The fourth-order valence-electron chi connectivity index (χ4n) is 3.10. The minimum Gasteiger partial charge on any atom is -0.434 e. The molecule has 0 atom stereocenters. The first-order chi connectivity index (χ1) is 15.6. The van der Waals surface area contributed by atoms with Crippen molar-refractivity contribution in [1.82, 2.24) is 19.9 Å². The molecule has 0 spiro atoms. The summed E-state index contributed by atoms with van der Waals surface area (Å²) >= 11 is 6.13. The van der Waals surface area contributed by atoms with Gasteiger partial charge >= 0.3 is 0 Å². The molecule has 148 valence electrons. The lowest BCUT2D eigenvalue weighted by atomic mass is 10.1. The molecule has 3 heterocycles. The van der Waals surface area contributed by atoms with Crippen LogP contribution >= 0.6 is 11.6 Å². The van der Waals surface area contributed by atoms with Crippen LogP contribution in [0.2, 0.25) is 5.28 Å². The molecule has 4 aromatic rings. The number of nitrogens with zero attached hydrogens (tertiary/aromatic N) is 9. The molecular formula is C21H6ClN9O. The third-order valence-electron chi connectivity index (χ3n) is 4.49. The van der Waals surface area contributed by atoms with E-state index in [0.717, 1.165) is 0 Å². The van der Waals surface area contributed by atoms with Gasteiger partial charge in [-0.05, 0) is 35.9 Å². The van der Waals surface area contributed by atoms with E-state index in [-0.39, 0.29) is 45.1 Å². The molecule has 10 nitrogen and oxygen atoms in total. The van der Waals surface area contributed by atoms with E-state index < -0.39 is 0 Å². The molecule has 1 aliphatic heterocycles. The van der Waals surface area contributed by atoms with Crippen molar-refractivity contribution in [2.75, 3.05) is 0 Å². The number of allylic oxidation sites excluding steroid dienone is 1. The van der Waals surface area contributed by atoms with E-state index in [4.69, 9.17) is 26.5 Å². The summed E-state index contributed by atoms with van der Waals surface area (Å²) in [7, 11) is 0. The number of hydrogen-bond acceptors (Lipinski definition) is 10. The van der Waals surface area contributed by atoms with Crippen molar-refractivity contribution in [3.63, 3.8) is 0 Å². The van der Waals surface area contributed by atoms with Crippen LogP contribution in [0, 0.1) is 34.0 Å². The minimum absolute atomic E-state index is 0.0560. The Kier molecular flexibility index (Phi) is 4.38. The van der Waals surface area contributed by atoms with Gasteiger partial charge in [-0.15, -0.1) is 0 Å². The van der Waals surface area contributed by atoms with Crippen molar-refractivity contribution >= 4 is 22.7 Å².